The van der Waals surface area contributed by atoms with Gasteiger partial charge in [-0.3, -0.25) is 14.8 Å². The van der Waals surface area contributed by atoms with E-state index in [1.807, 2.05) is 18.3 Å². The molecule has 1 aliphatic rings. The van der Waals surface area contributed by atoms with Crippen LogP contribution in [0.3, 0.4) is 0 Å². The molecule has 1 atom stereocenters. The number of hydrogen-bond acceptors (Lipinski definition) is 4. The fourth-order valence-corrected chi connectivity index (χ4v) is 3.58. The average Bonchev–Trinajstić information content (AvgIpc) is 3.16. The van der Waals surface area contributed by atoms with Gasteiger partial charge in [0.25, 0.3) is 5.91 Å². The summed E-state index contributed by atoms with van der Waals surface area (Å²) in [4.78, 5) is 26.9. The third-order valence-electron chi connectivity index (χ3n) is 4.88. The fourth-order valence-electron chi connectivity index (χ4n) is 3.58. The maximum atomic E-state index is 13.4. The van der Waals surface area contributed by atoms with Crippen molar-refractivity contribution in [2.45, 2.75) is 25.3 Å². The van der Waals surface area contributed by atoms with Crippen molar-refractivity contribution in [3.63, 3.8) is 0 Å². The second-order valence-electron chi connectivity index (χ2n) is 6.75. The molecule has 4 rings (SSSR count). The molecule has 1 amide bonds. The van der Waals surface area contributed by atoms with E-state index in [0.29, 0.717) is 13.1 Å². The SMILES string of the molecule is O=C(c1cncc(F)c1)N1CCC[C@H](c2nccn2Cc2ccncc2)C1. The Balaban J connectivity index is 1.51. The smallest absolute Gasteiger partial charge is 0.255 e. The van der Waals surface area contributed by atoms with Gasteiger partial charge in [-0.1, -0.05) is 0 Å². The number of hydrogen-bond donors (Lipinski definition) is 0. The number of amides is 1. The molecule has 138 valence electrons. The Morgan fingerprint density at radius 2 is 2.04 bits per heavy atom. The van der Waals surface area contributed by atoms with E-state index in [-0.39, 0.29) is 17.4 Å². The molecule has 1 fully saturated rings. The third kappa shape index (κ3) is 3.86. The summed E-state index contributed by atoms with van der Waals surface area (Å²) in [7, 11) is 0. The van der Waals surface area contributed by atoms with Crippen LogP contribution >= 0.6 is 0 Å². The summed E-state index contributed by atoms with van der Waals surface area (Å²) in [6, 6.07) is 5.21. The first-order chi connectivity index (χ1) is 13.2. The Morgan fingerprint density at radius 3 is 2.85 bits per heavy atom. The number of pyridine rings is 2. The van der Waals surface area contributed by atoms with Gasteiger partial charge in [0.15, 0.2) is 0 Å². The van der Waals surface area contributed by atoms with E-state index < -0.39 is 5.82 Å². The van der Waals surface area contributed by atoms with Crippen LogP contribution in [0, 0.1) is 5.82 Å². The summed E-state index contributed by atoms with van der Waals surface area (Å²) < 4.78 is 15.5. The fraction of sp³-hybridized carbons (Fsp3) is 0.300. The Labute approximate surface area is 156 Å². The first-order valence-corrected chi connectivity index (χ1v) is 9.00. The summed E-state index contributed by atoms with van der Waals surface area (Å²) in [6.07, 6.45) is 11.7. The molecule has 6 nitrogen and oxygen atoms in total. The highest BCUT2D eigenvalue weighted by Gasteiger charge is 2.28. The molecule has 7 heteroatoms. The van der Waals surface area contributed by atoms with Crippen LogP contribution in [0.2, 0.25) is 0 Å². The quantitative estimate of drug-likeness (QED) is 0.713. The molecule has 1 aliphatic heterocycles. The molecule has 0 aromatic carbocycles. The molecule has 27 heavy (non-hydrogen) atoms. The van der Waals surface area contributed by atoms with Crippen molar-refractivity contribution in [3.8, 4) is 0 Å². The van der Waals surface area contributed by atoms with Gasteiger partial charge in [0.1, 0.15) is 11.6 Å². The average molecular weight is 365 g/mol. The lowest BCUT2D eigenvalue weighted by Crippen LogP contribution is -2.39. The summed E-state index contributed by atoms with van der Waals surface area (Å²) in [5, 5.41) is 0. The van der Waals surface area contributed by atoms with E-state index in [1.165, 1.54) is 12.3 Å². The van der Waals surface area contributed by atoms with Crippen molar-refractivity contribution in [1.82, 2.24) is 24.4 Å². The summed E-state index contributed by atoms with van der Waals surface area (Å²) in [5.41, 5.74) is 1.44. The van der Waals surface area contributed by atoms with E-state index in [4.69, 9.17) is 0 Å². The summed E-state index contributed by atoms with van der Waals surface area (Å²) >= 11 is 0. The van der Waals surface area contributed by atoms with Crippen molar-refractivity contribution in [1.29, 1.82) is 0 Å². The molecule has 3 aromatic heterocycles. The van der Waals surface area contributed by atoms with Crippen LogP contribution in [0.15, 0.2) is 55.4 Å². The van der Waals surface area contributed by atoms with E-state index in [2.05, 4.69) is 19.5 Å². The maximum Gasteiger partial charge on any atom is 0.255 e. The number of nitrogens with zero attached hydrogens (tertiary/aromatic N) is 5. The zero-order valence-corrected chi connectivity index (χ0v) is 14.8. The van der Waals surface area contributed by atoms with Gasteiger partial charge in [0.05, 0.1) is 11.8 Å². The molecule has 0 unspecified atom stereocenters. The van der Waals surface area contributed by atoms with E-state index in [0.717, 1.165) is 37.0 Å². The normalized spacial score (nSPS) is 17.1. The monoisotopic (exact) mass is 365 g/mol. The first-order valence-electron chi connectivity index (χ1n) is 9.00. The topological polar surface area (TPSA) is 63.9 Å². The lowest BCUT2D eigenvalue weighted by molar-refractivity contribution is 0.0702. The van der Waals surface area contributed by atoms with Gasteiger partial charge >= 0.3 is 0 Å². The highest BCUT2D eigenvalue weighted by atomic mass is 19.1. The lowest BCUT2D eigenvalue weighted by Gasteiger charge is -2.32. The lowest BCUT2D eigenvalue weighted by atomic mass is 9.96. The molecule has 3 aromatic rings. The minimum Gasteiger partial charge on any atom is -0.338 e. The van der Waals surface area contributed by atoms with Gasteiger partial charge < -0.3 is 9.47 Å². The van der Waals surface area contributed by atoms with Crippen molar-refractivity contribution in [2.24, 2.45) is 0 Å². The van der Waals surface area contributed by atoms with Crippen LogP contribution in [0.25, 0.3) is 0 Å². The molecule has 0 bridgehead atoms. The number of rotatable bonds is 4. The number of likely N-dealkylation sites (tertiary alicyclic amines) is 1. The highest BCUT2D eigenvalue weighted by molar-refractivity contribution is 5.94. The second-order valence-corrected chi connectivity index (χ2v) is 6.75. The highest BCUT2D eigenvalue weighted by Crippen LogP contribution is 2.27. The molecular formula is C20H20FN5O. The minimum atomic E-state index is -0.498. The molecule has 0 spiro atoms. The van der Waals surface area contributed by atoms with Gasteiger partial charge in [-0.05, 0) is 36.6 Å². The predicted octanol–water partition coefficient (Wildman–Crippen LogP) is 2.88. The van der Waals surface area contributed by atoms with Crippen molar-refractivity contribution < 1.29 is 9.18 Å². The van der Waals surface area contributed by atoms with Gasteiger partial charge in [-0.15, -0.1) is 0 Å². The van der Waals surface area contributed by atoms with Crippen LogP contribution in [0.4, 0.5) is 4.39 Å². The summed E-state index contributed by atoms with van der Waals surface area (Å²) in [5.74, 6) is 0.448. The van der Waals surface area contributed by atoms with Crippen LogP contribution in [0.1, 0.15) is 40.5 Å². The predicted molar refractivity (Wildman–Crippen MR) is 97.6 cm³/mol. The molecule has 0 saturated carbocycles. The maximum absolute atomic E-state index is 13.4. The Bertz CT molecular complexity index is 927. The number of halogens is 1. The molecule has 1 saturated heterocycles. The Kier molecular flexibility index (Phi) is 4.91. The van der Waals surface area contributed by atoms with Crippen LogP contribution in [-0.2, 0) is 6.54 Å². The van der Waals surface area contributed by atoms with Crippen molar-refractivity contribution in [2.75, 3.05) is 13.1 Å². The van der Waals surface area contributed by atoms with E-state index in [9.17, 15) is 9.18 Å². The number of carbonyl (C=O) groups is 1. The Morgan fingerprint density at radius 1 is 1.19 bits per heavy atom. The zero-order valence-electron chi connectivity index (χ0n) is 14.8. The number of aromatic nitrogens is 4. The van der Waals surface area contributed by atoms with Gasteiger partial charge in [-0.25, -0.2) is 9.37 Å². The number of imidazole rings is 1. The van der Waals surface area contributed by atoms with Crippen LogP contribution in [-0.4, -0.2) is 43.4 Å². The molecular weight excluding hydrogens is 345 g/mol. The van der Waals surface area contributed by atoms with E-state index >= 15 is 0 Å². The summed E-state index contributed by atoms with van der Waals surface area (Å²) in [6.45, 7) is 1.95. The molecule has 4 heterocycles. The largest absolute Gasteiger partial charge is 0.338 e. The van der Waals surface area contributed by atoms with E-state index in [1.54, 1.807) is 23.5 Å². The van der Waals surface area contributed by atoms with Crippen LogP contribution in [0.5, 0.6) is 0 Å². The number of carbonyl (C=O) groups excluding carboxylic acids is 1. The minimum absolute atomic E-state index is 0.154. The van der Waals surface area contributed by atoms with Crippen LogP contribution < -0.4 is 0 Å². The van der Waals surface area contributed by atoms with Gasteiger partial charge in [0.2, 0.25) is 0 Å². The molecule has 0 radical (unpaired) electrons. The molecule has 0 aliphatic carbocycles. The standard InChI is InChI=1S/C20H20FN5O/c21-18-10-17(11-23-12-18)20(27)26-8-1-2-16(14-26)19-24-7-9-25(19)13-15-3-5-22-6-4-15/h3-7,9-12,16H,1-2,8,13-14H2/t16-/m0/s1. The first kappa shape index (κ1) is 17.3. The Hall–Kier alpha value is -3.09. The van der Waals surface area contributed by atoms with Crippen molar-refractivity contribution in [3.05, 3.63) is 78.1 Å². The second kappa shape index (κ2) is 7.65. The van der Waals surface area contributed by atoms with Crippen molar-refractivity contribution >= 4 is 5.91 Å². The number of piperidine rings is 1. The van der Waals surface area contributed by atoms with Gasteiger partial charge in [0, 0.05) is 56.5 Å². The zero-order chi connectivity index (χ0) is 18.6. The third-order valence-corrected chi connectivity index (χ3v) is 4.88. The van der Waals surface area contributed by atoms with Gasteiger partial charge in [-0.2, -0.15) is 0 Å². The molecule has 0 N–H and O–H groups in total.